The van der Waals surface area contributed by atoms with Crippen LogP contribution in [0.25, 0.3) is 0 Å². The smallest absolute Gasteiger partial charge is 0.136 e. The Morgan fingerprint density at radius 3 is 2.84 bits per heavy atom. The Kier molecular flexibility index (Phi) is 2.92. The van der Waals surface area contributed by atoms with E-state index >= 15 is 0 Å². The molecule has 0 aliphatic heterocycles. The van der Waals surface area contributed by atoms with Crippen LogP contribution in [-0.4, -0.2) is 12.9 Å². The molecule has 2 aliphatic carbocycles. The summed E-state index contributed by atoms with van der Waals surface area (Å²) in [5.74, 6) is 2.09. The van der Waals surface area contributed by atoms with Crippen LogP contribution in [0.1, 0.15) is 44.2 Å². The third-order valence-electron chi connectivity index (χ3n) is 5.48. The maximum absolute atomic E-state index is 12.0. The molecule has 1 fully saturated rings. The number of rotatable bonds is 1. The minimum atomic E-state index is 0.148. The highest BCUT2D eigenvalue weighted by Gasteiger charge is 2.47. The highest BCUT2D eigenvalue weighted by molar-refractivity contribution is 5.82. The summed E-state index contributed by atoms with van der Waals surface area (Å²) in [6.45, 7) is 4.47. The van der Waals surface area contributed by atoms with E-state index in [-0.39, 0.29) is 11.3 Å². The van der Waals surface area contributed by atoms with Crippen molar-refractivity contribution in [3.05, 3.63) is 29.3 Å². The maximum Gasteiger partial charge on any atom is 0.136 e. The minimum Gasteiger partial charge on any atom is -0.497 e. The van der Waals surface area contributed by atoms with Crippen LogP contribution in [0.15, 0.2) is 18.2 Å². The van der Waals surface area contributed by atoms with Gasteiger partial charge in [0, 0.05) is 12.3 Å². The van der Waals surface area contributed by atoms with Crippen LogP contribution in [0, 0.1) is 11.8 Å². The lowest BCUT2D eigenvalue weighted by molar-refractivity contribution is -0.128. The average Bonchev–Trinajstić information content (AvgIpc) is 2.43. The van der Waals surface area contributed by atoms with Crippen molar-refractivity contribution in [3.8, 4) is 5.75 Å². The number of hydrogen-bond acceptors (Lipinski definition) is 2. The van der Waals surface area contributed by atoms with Crippen LogP contribution in [0.5, 0.6) is 5.75 Å². The molecule has 2 aliphatic rings. The van der Waals surface area contributed by atoms with Gasteiger partial charge < -0.3 is 4.74 Å². The predicted molar refractivity (Wildman–Crippen MR) is 75.6 cm³/mol. The second-order valence-corrected chi connectivity index (χ2v) is 6.34. The largest absolute Gasteiger partial charge is 0.497 e. The molecule has 3 rings (SSSR count). The van der Waals surface area contributed by atoms with Gasteiger partial charge in [0.1, 0.15) is 11.5 Å². The van der Waals surface area contributed by atoms with Crippen molar-refractivity contribution in [3.63, 3.8) is 0 Å². The van der Waals surface area contributed by atoms with Crippen molar-refractivity contribution < 1.29 is 9.53 Å². The van der Waals surface area contributed by atoms with Crippen LogP contribution in [0.4, 0.5) is 0 Å². The summed E-state index contributed by atoms with van der Waals surface area (Å²) < 4.78 is 5.39. The summed E-state index contributed by atoms with van der Waals surface area (Å²) in [6.07, 6.45) is 3.95. The molecule has 1 aromatic carbocycles. The van der Waals surface area contributed by atoms with Crippen LogP contribution in [-0.2, 0) is 16.6 Å². The number of fused-ring (bicyclic) bond motifs is 3. The van der Waals surface area contributed by atoms with Gasteiger partial charge in [0.2, 0.25) is 0 Å². The van der Waals surface area contributed by atoms with Gasteiger partial charge in [-0.05, 0) is 53.9 Å². The Hall–Kier alpha value is -1.31. The van der Waals surface area contributed by atoms with Crippen molar-refractivity contribution in [2.75, 3.05) is 7.11 Å². The van der Waals surface area contributed by atoms with E-state index in [1.807, 2.05) is 0 Å². The van der Waals surface area contributed by atoms with Crippen molar-refractivity contribution in [2.45, 2.75) is 44.9 Å². The number of ether oxygens (including phenoxy) is 1. The third-order valence-corrected chi connectivity index (χ3v) is 5.48. The summed E-state index contributed by atoms with van der Waals surface area (Å²) in [5.41, 5.74) is 3.01. The van der Waals surface area contributed by atoms with Gasteiger partial charge in [-0.25, -0.2) is 0 Å². The lowest BCUT2D eigenvalue weighted by Crippen LogP contribution is -2.46. The number of methoxy groups -OCH3 is 1. The second-order valence-electron chi connectivity index (χ2n) is 6.34. The Balaban J connectivity index is 2.09. The number of Topliss-reactive ketones (excluding diaryl/α,β-unsaturated/α-hetero) is 1. The van der Waals surface area contributed by atoms with E-state index in [2.05, 4.69) is 32.0 Å². The molecule has 0 bridgehead atoms. The first kappa shape index (κ1) is 12.7. The highest BCUT2D eigenvalue weighted by atomic mass is 16.5. The van der Waals surface area contributed by atoms with Crippen molar-refractivity contribution in [1.82, 2.24) is 0 Å². The van der Waals surface area contributed by atoms with E-state index in [0.717, 1.165) is 31.4 Å². The molecule has 3 atom stereocenters. The normalized spacial score (nSPS) is 33.5. The Morgan fingerprint density at radius 2 is 2.11 bits per heavy atom. The fourth-order valence-corrected chi connectivity index (χ4v) is 4.22. The standard InChI is InChI=1S/C17H22O2/c1-11-14-7-5-12-4-6-13(19-3)10-15(12)17(14,2)9-8-16(11)18/h4,6,10-11,14H,5,7-9H2,1-3H3/t11-,14-,17-/m0/s1. The first-order valence-corrected chi connectivity index (χ1v) is 7.26. The molecule has 0 aromatic heterocycles. The number of ketones is 1. The molecule has 0 radical (unpaired) electrons. The lowest BCUT2D eigenvalue weighted by Gasteiger charge is -2.48. The van der Waals surface area contributed by atoms with E-state index in [1.54, 1.807) is 7.11 Å². The quantitative estimate of drug-likeness (QED) is 0.770. The zero-order valence-corrected chi connectivity index (χ0v) is 12.0. The molecule has 0 saturated heterocycles. The van der Waals surface area contributed by atoms with Crippen LogP contribution in [0.2, 0.25) is 0 Å². The van der Waals surface area contributed by atoms with Crippen molar-refractivity contribution >= 4 is 5.78 Å². The monoisotopic (exact) mass is 258 g/mol. The predicted octanol–water partition coefficient (Wildman–Crippen LogP) is 3.51. The average molecular weight is 258 g/mol. The molecule has 1 aromatic rings. The molecular formula is C17H22O2. The molecule has 0 heterocycles. The number of carbonyl (C=O) groups excluding carboxylic acids is 1. The third kappa shape index (κ3) is 1.80. The fourth-order valence-electron chi connectivity index (χ4n) is 4.22. The molecule has 19 heavy (non-hydrogen) atoms. The van der Waals surface area contributed by atoms with Gasteiger partial charge in [-0.1, -0.05) is 19.9 Å². The van der Waals surface area contributed by atoms with Crippen molar-refractivity contribution in [2.24, 2.45) is 11.8 Å². The topological polar surface area (TPSA) is 26.3 Å². The first-order valence-electron chi connectivity index (χ1n) is 7.26. The first-order chi connectivity index (χ1) is 9.06. The summed E-state index contributed by atoms with van der Waals surface area (Å²) in [4.78, 5) is 12.0. The minimum absolute atomic E-state index is 0.148. The van der Waals surface area contributed by atoms with Crippen molar-refractivity contribution in [1.29, 1.82) is 0 Å². The Bertz CT molecular complexity index is 520. The zero-order valence-electron chi connectivity index (χ0n) is 12.0. The molecule has 2 nitrogen and oxygen atoms in total. The molecule has 0 unspecified atom stereocenters. The Morgan fingerprint density at radius 1 is 1.32 bits per heavy atom. The SMILES string of the molecule is COc1ccc2c(c1)[C@@]1(C)CCC(=O)[C@@H](C)[C@@H]1CC2. The molecular weight excluding hydrogens is 236 g/mol. The van der Waals surface area contributed by atoms with Crippen LogP contribution in [0.3, 0.4) is 0 Å². The summed E-state index contributed by atoms with van der Waals surface area (Å²) in [6, 6.07) is 6.46. The molecule has 1 saturated carbocycles. The second kappa shape index (κ2) is 4.36. The summed E-state index contributed by atoms with van der Waals surface area (Å²) in [5, 5.41) is 0. The lowest BCUT2D eigenvalue weighted by atomic mass is 9.55. The van der Waals surface area contributed by atoms with E-state index in [4.69, 9.17) is 4.74 Å². The van der Waals surface area contributed by atoms with Gasteiger partial charge in [0.05, 0.1) is 7.11 Å². The number of hydrogen-bond donors (Lipinski definition) is 0. The van der Waals surface area contributed by atoms with Crippen LogP contribution < -0.4 is 4.74 Å². The maximum atomic E-state index is 12.0. The summed E-state index contributed by atoms with van der Waals surface area (Å²) in [7, 11) is 1.72. The number of aryl methyl sites for hydroxylation is 1. The molecule has 0 N–H and O–H groups in total. The fraction of sp³-hybridized carbons (Fsp3) is 0.588. The number of carbonyl (C=O) groups is 1. The molecule has 102 valence electrons. The molecule has 0 spiro atoms. The van der Waals surface area contributed by atoms with E-state index in [1.165, 1.54) is 11.1 Å². The van der Waals surface area contributed by atoms with E-state index in [0.29, 0.717) is 11.7 Å². The number of benzene rings is 1. The van der Waals surface area contributed by atoms with Gasteiger partial charge in [-0.2, -0.15) is 0 Å². The van der Waals surface area contributed by atoms with Gasteiger partial charge in [0.25, 0.3) is 0 Å². The van der Waals surface area contributed by atoms with Gasteiger partial charge in [-0.3, -0.25) is 4.79 Å². The zero-order chi connectivity index (χ0) is 13.6. The van der Waals surface area contributed by atoms with E-state index < -0.39 is 0 Å². The Labute approximate surface area is 115 Å². The molecule has 2 heteroatoms. The van der Waals surface area contributed by atoms with E-state index in [9.17, 15) is 4.79 Å². The highest BCUT2D eigenvalue weighted by Crippen LogP contribution is 2.51. The summed E-state index contributed by atoms with van der Waals surface area (Å²) >= 11 is 0. The van der Waals surface area contributed by atoms with Gasteiger partial charge in [0.15, 0.2) is 0 Å². The van der Waals surface area contributed by atoms with Gasteiger partial charge in [-0.15, -0.1) is 0 Å². The van der Waals surface area contributed by atoms with Gasteiger partial charge >= 0.3 is 0 Å². The molecule has 0 amide bonds. The van der Waals surface area contributed by atoms with Crippen LogP contribution >= 0.6 is 0 Å².